The minimum absolute atomic E-state index is 0.0211. The summed E-state index contributed by atoms with van der Waals surface area (Å²) in [6.45, 7) is -0.329. The summed E-state index contributed by atoms with van der Waals surface area (Å²) >= 11 is 0. The van der Waals surface area contributed by atoms with Crippen LogP contribution in [0.5, 0.6) is 0 Å². The topological polar surface area (TPSA) is 185 Å². The van der Waals surface area contributed by atoms with Crippen LogP contribution in [0, 0.1) is 0 Å². The van der Waals surface area contributed by atoms with Crippen LogP contribution in [0.25, 0.3) is 0 Å². The van der Waals surface area contributed by atoms with Gasteiger partial charge in [-0.3, -0.25) is 24.0 Å². The first-order valence-corrected chi connectivity index (χ1v) is 9.64. The van der Waals surface area contributed by atoms with E-state index in [1.54, 1.807) is 0 Å². The summed E-state index contributed by atoms with van der Waals surface area (Å²) < 4.78 is 8.78. The number of carbonyl (C=O) groups is 5. The Morgan fingerprint density at radius 3 is 0.833 bits per heavy atom. The quantitative estimate of drug-likeness (QED) is 0.168. The SMILES string of the molecule is O=C(CCOB(O)O)CCC(=O)CCC(=O)CCC(=O)CCC(=O)CCOB(O)O. The Morgan fingerprint density at radius 1 is 0.433 bits per heavy atom. The van der Waals surface area contributed by atoms with Crippen LogP contribution < -0.4 is 0 Å². The van der Waals surface area contributed by atoms with Gasteiger partial charge in [0, 0.05) is 77.4 Å². The molecule has 0 amide bonds. The summed E-state index contributed by atoms with van der Waals surface area (Å²) in [5.74, 6) is -1.31. The first kappa shape index (κ1) is 28.2. The summed E-state index contributed by atoms with van der Waals surface area (Å²) in [5, 5.41) is 33.9. The number of ketones is 5. The average molecular weight is 430 g/mol. The van der Waals surface area contributed by atoms with Gasteiger partial charge < -0.3 is 29.4 Å². The Morgan fingerprint density at radius 2 is 0.633 bits per heavy atom. The van der Waals surface area contributed by atoms with E-state index in [0.717, 1.165) is 0 Å². The number of rotatable bonds is 20. The third-order valence-electron chi connectivity index (χ3n) is 4.03. The van der Waals surface area contributed by atoms with Gasteiger partial charge in [-0.2, -0.15) is 0 Å². The molecule has 0 unspecified atom stereocenters. The lowest BCUT2D eigenvalue weighted by Gasteiger charge is -2.04. The third-order valence-corrected chi connectivity index (χ3v) is 4.03. The van der Waals surface area contributed by atoms with Crippen molar-refractivity contribution in [2.45, 2.75) is 64.2 Å². The van der Waals surface area contributed by atoms with E-state index in [9.17, 15) is 24.0 Å². The largest absolute Gasteiger partial charge is 0.633 e. The van der Waals surface area contributed by atoms with Crippen LogP contribution in [0.4, 0.5) is 0 Å². The number of hydrogen-bond donors (Lipinski definition) is 4. The molecule has 0 aliphatic rings. The number of Topliss-reactive ketones (excluding diaryl/α,β-unsaturated/α-hetero) is 5. The average Bonchev–Trinajstić information content (AvgIpc) is 2.66. The Balaban J connectivity index is 3.80. The molecular formula is C17H28B2O11. The number of carbonyl (C=O) groups excluding carboxylic acids is 5. The maximum absolute atomic E-state index is 11.8. The molecule has 0 aliphatic heterocycles. The van der Waals surface area contributed by atoms with E-state index in [0.29, 0.717) is 0 Å². The zero-order valence-electron chi connectivity index (χ0n) is 16.8. The van der Waals surface area contributed by atoms with Crippen molar-refractivity contribution in [1.29, 1.82) is 0 Å². The monoisotopic (exact) mass is 430 g/mol. The molecule has 11 nitrogen and oxygen atoms in total. The normalized spacial score (nSPS) is 10.5. The molecule has 0 radical (unpaired) electrons. The van der Waals surface area contributed by atoms with Crippen molar-refractivity contribution in [2.75, 3.05) is 13.2 Å². The lowest BCUT2D eigenvalue weighted by atomic mass is 10.0. The Hall–Kier alpha value is -1.76. The van der Waals surface area contributed by atoms with Crippen molar-refractivity contribution >= 4 is 43.6 Å². The van der Waals surface area contributed by atoms with Crippen molar-refractivity contribution in [3.8, 4) is 0 Å². The summed E-state index contributed by atoms with van der Waals surface area (Å²) in [6.07, 6.45) is -0.296. The van der Waals surface area contributed by atoms with Gasteiger partial charge in [-0.25, -0.2) is 0 Å². The summed E-state index contributed by atoms with van der Waals surface area (Å²) in [4.78, 5) is 58.2. The minimum Gasteiger partial charge on any atom is -0.402 e. The molecule has 0 atom stereocenters. The van der Waals surface area contributed by atoms with E-state index >= 15 is 0 Å². The molecule has 0 fully saturated rings. The van der Waals surface area contributed by atoms with Crippen molar-refractivity contribution in [1.82, 2.24) is 0 Å². The predicted molar refractivity (Wildman–Crippen MR) is 103 cm³/mol. The van der Waals surface area contributed by atoms with Crippen LogP contribution >= 0.6 is 0 Å². The molecule has 0 aromatic rings. The molecule has 0 aromatic heterocycles. The second-order valence-corrected chi connectivity index (χ2v) is 6.59. The Bertz CT molecular complexity index is 530. The van der Waals surface area contributed by atoms with Crippen LogP contribution in [0.15, 0.2) is 0 Å². The maximum atomic E-state index is 11.8. The third kappa shape index (κ3) is 18.3. The van der Waals surface area contributed by atoms with Gasteiger partial charge >= 0.3 is 14.6 Å². The molecule has 0 aromatic carbocycles. The molecule has 0 rings (SSSR count). The highest BCUT2D eigenvalue weighted by Crippen LogP contribution is 2.07. The molecular weight excluding hydrogens is 402 g/mol. The smallest absolute Gasteiger partial charge is 0.402 e. The van der Waals surface area contributed by atoms with E-state index in [4.69, 9.17) is 20.1 Å². The van der Waals surface area contributed by atoms with E-state index in [1.807, 2.05) is 0 Å². The summed E-state index contributed by atoms with van der Waals surface area (Å²) in [6, 6.07) is 0. The van der Waals surface area contributed by atoms with Gasteiger partial charge in [0.15, 0.2) is 0 Å². The first-order valence-electron chi connectivity index (χ1n) is 9.64. The number of hydrogen-bond acceptors (Lipinski definition) is 11. The molecule has 0 heterocycles. The van der Waals surface area contributed by atoms with Crippen LogP contribution in [0.3, 0.4) is 0 Å². The van der Waals surface area contributed by atoms with E-state index < -0.39 is 14.6 Å². The maximum Gasteiger partial charge on any atom is 0.633 e. The van der Waals surface area contributed by atoms with Crippen LogP contribution in [0.1, 0.15) is 64.2 Å². The highest BCUT2D eigenvalue weighted by atomic mass is 16.6. The highest BCUT2D eigenvalue weighted by molar-refractivity contribution is 6.32. The van der Waals surface area contributed by atoms with Crippen molar-refractivity contribution in [2.24, 2.45) is 0 Å². The fourth-order valence-electron chi connectivity index (χ4n) is 2.30. The lowest BCUT2D eigenvalue weighted by molar-refractivity contribution is -0.127. The van der Waals surface area contributed by atoms with Gasteiger partial charge in [0.2, 0.25) is 0 Å². The lowest BCUT2D eigenvalue weighted by Crippen LogP contribution is -2.19. The molecule has 4 N–H and O–H groups in total. The van der Waals surface area contributed by atoms with Crippen molar-refractivity contribution < 1.29 is 53.4 Å². The fraction of sp³-hybridized carbons (Fsp3) is 0.706. The van der Waals surface area contributed by atoms with Gasteiger partial charge in [0.05, 0.1) is 0 Å². The fourth-order valence-corrected chi connectivity index (χ4v) is 2.30. The molecule has 0 spiro atoms. The van der Waals surface area contributed by atoms with Gasteiger partial charge in [0.25, 0.3) is 0 Å². The van der Waals surface area contributed by atoms with Crippen LogP contribution in [0.2, 0.25) is 0 Å². The van der Waals surface area contributed by atoms with Gasteiger partial charge in [0.1, 0.15) is 28.9 Å². The van der Waals surface area contributed by atoms with Crippen LogP contribution in [-0.4, -0.2) is 76.9 Å². The Labute approximate surface area is 175 Å². The summed E-state index contributed by atoms with van der Waals surface area (Å²) in [7, 11) is -3.89. The Kier molecular flexibility index (Phi) is 16.0. The second kappa shape index (κ2) is 17.0. The zero-order chi connectivity index (χ0) is 22.9. The van der Waals surface area contributed by atoms with Gasteiger partial charge in [-0.1, -0.05) is 0 Å². The second-order valence-electron chi connectivity index (χ2n) is 6.59. The molecule has 0 bridgehead atoms. The van der Waals surface area contributed by atoms with E-state index in [2.05, 4.69) is 9.31 Å². The van der Waals surface area contributed by atoms with E-state index in [1.165, 1.54) is 0 Å². The standard InChI is InChI=1S/C17H28B2O11/c20-13(1-3-14(21)5-7-16(23)9-11-29-18(25)26)2-4-15(22)6-8-17(24)10-12-30-19(27)28/h25-28H,1-12H2. The predicted octanol–water partition coefficient (Wildman–Crippen LogP) is -1.29. The highest BCUT2D eigenvalue weighted by Gasteiger charge is 2.14. The van der Waals surface area contributed by atoms with Crippen molar-refractivity contribution in [3.63, 3.8) is 0 Å². The van der Waals surface area contributed by atoms with Crippen LogP contribution in [-0.2, 0) is 33.3 Å². The van der Waals surface area contributed by atoms with Crippen molar-refractivity contribution in [3.05, 3.63) is 0 Å². The van der Waals surface area contributed by atoms with Gasteiger partial charge in [-0.05, 0) is 0 Å². The molecule has 13 heteroatoms. The van der Waals surface area contributed by atoms with Gasteiger partial charge in [-0.15, -0.1) is 0 Å². The van der Waals surface area contributed by atoms with E-state index in [-0.39, 0.29) is 106 Å². The minimum atomic E-state index is -1.95. The first-order chi connectivity index (χ1) is 14.1. The summed E-state index contributed by atoms with van der Waals surface area (Å²) in [5.41, 5.74) is 0. The molecule has 0 aliphatic carbocycles. The molecule has 168 valence electrons. The molecule has 30 heavy (non-hydrogen) atoms. The molecule has 0 saturated carbocycles. The zero-order valence-corrected chi connectivity index (χ0v) is 16.8. The molecule has 0 saturated heterocycles.